The van der Waals surface area contributed by atoms with Gasteiger partial charge in [-0.2, -0.15) is 0 Å². The molecule has 0 bridgehead atoms. The fourth-order valence-electron chi connectivity index (χ4n) is 5.00. The number of carbonyl (C=O) groups is 2. The van der Waals surface area contributed by atoms with Crippen LogP contribution in [0.5, 0.6) is 11.5 Å². The lowest BCUT2D eigenvalue weighted by Gasteiger charge is -2.18. The summed E-state index contributed by atoms with van der Waals surface area (Å²) in [6.45, 7) is 4.52. The highest BCUT2D eigenvalue weighted by atomic mass is 32.1. The number of para-hydroxylation sites is 1. The Balaban J connectivity index is 1.56. The molecule has 1 aliphatic rings. The van der Waals surface area contributed by atoms with E-state index in [1.807, 2.05) is 49.4 Å². The first kappa shape index (κ1) is 26.7. The lowest BCUT2D eigenvalue weighted by atomic mass is 9.88. The van der Waals surface area contributed by atoms with E-state index in [-0.39, 0.29) is 11.9 Å². The number of nitrogens with one attached hydrogen (secondary N) is 1. The number of thiophene rings is 1. The molecule has 4 aromatic rings. The molecule has 2 heterocycles. The Morgan fingerprint density at radius 3 is 2.64 bits per heavy atom. The largest absolute Gasteiger partial charge is 0.493 e. The Kier molecular flexibility index (Phi) is 7.84. The number of methoxy groups -OCH3 is 2. The highest BCUT2D eigenvalue weighted by molar-refractivity contribution is 7.17. The molecule has 39 heavy (non-hydrogen) atoms. The van der Waals surface area contributed by atoms with Crippen LogP contribution in [0.4, 0.5) is 5.00 Å². The summed E-state index contributed by atoms with van der Waals surface area (Å²) in [5, 5.41) is 4.35. The number of pyridine rings is 1. The first-order chi connectivity index (χ1) is 18.9. The fourth-order valence-corrected chi connectivity index (χ4v) is 6.39. The third-order valence-electron chi connectivity index (χ3n) is 7.02. The zero-order valence-corrected chi connectivity index (χ0v) is 23.4. The van der Waals surface area contributed by atoms with Gasteiger partial charge in [0.1, 0.15) is 5.00 Å². The van der Waals surface area contributed by atoms with E-state index in [2.05, 4.69) is 12.2 Å². The molecule has 0 fully saturated rings. The van der Waals surface area contributed by atoms with Crippen molar-refractivity contribution in [1.82, 2.24) is 4.98 Å². The number of amides is 1. The molecule has 0 aliphatic heterocycles. The van der Waals surface area contributed by atoms with Crippen molar-refractivity contribution >= 4 is 39.1 Å². The van der Waals surface area contributed by atoms with Crippen LogP contribution in [0.25, 0.3) is 22.2 Å². The van der Waals surface area contributed by atoms with Crippen LogP contribution < -0.4 is 14.8 Å². The highest BCUT2D eigenvalue weighted by Gasteiger charge is 2.30. The number of rotatable bonds is 8. The molecular weight excluding hydrogens is 512 g/mol. The van der Waals surface area contributed by atoms with Crippen LogP contribution in [-0.2, 0) is 17.6 Å². The number of carbonyl (C=O) groups excluding carboxylic acids is 2. The first-order valence-corrected chi connectivity index (χ1v) is 14.0. The van der Waals surface area contributed by atoms with Crippen molar-refractivity contribution in [2.75, 3.05) is 26.1 Å². The summed E-state index contributed by atoms with van der Waals surface area (Å²) < 4.78 is 16.4. The Morgan fingerprint density at radius 2 is 1.87 bits per heavy atom. The van der Waals surface area contributed by atoms with Gasteiger partial charge in [-0.05, 0) is 67.5 Å². The average molecular weight is 545 g/mol. The topological polar surface area (TPSA) is 86.8 Å². The zero-order valence-electron chi connectivity index (χ0n) is 22.6. The maximum atomic E-state index is 13.9. The molecule has 0 radical (unpaired) electrons. The van der Waals surface area contributed by atoms with Crippen LogP contribution in [0, 0.1) is 5.92 Å². The lowest BCUT2D eigenvalue weighted by molar-refractivity contribution is 0.0505. The number of hydrogen-bond acceptors (Lipinski definition) is 7. The van der Waals surface area contributed by atoms with Crippen molar-refractivity contribution in [3.05, 3.63) is 70.1 Å². The normalized spacial score (nSPS) is 14.5. The van der Waals surface area contributed by atoms with Crippen LogP contribution >= 0.6 is 11.3 Å². The van der Waals surface area contributed by atoms with Gasteiger partial charge >= 0.3 is 5.97 Å². The first-order valence-electron chi connectivity index (χ1n) is 13.2. The van der Waals surface area contributed by atoms with E-state index < -0.39 is 0 Å². The number of ether oxygens (including phenoxy) is 3. The molecule has 2 aromatic heterocycles. The van der Waals surface area contributed by atoms with E-state index >= 15 is 0 Å². The number of esters is 1. The molecule has 0 saturated heterocycles. The second-order valence-corrected chi connectivity index (χ2v) is 10.9. The monoisotopic (exact) mass is 544 g/mol. The van der Waals surface area contributed by atoms with Crippen LogP contribution in [0.15, 0.2) is 48.5 Å². The molecule has 0 saturated carbocycles. The summed E-state index contributed by atoms with van der Waals surface area (Å²) in [4.78, 5) is 33.0. The Labute approximate surface area is 232 Å². The number of nitrogens with zero attached hydrogens (tertiary/aromatic N) is 1. The van der Waals surface area contributed by atoms with Crippen molar-refractivity contribution < 1.29 is 23.8 Å². The van der Waals surface area contributed by atoms with Crippen molar-refractivity contribution in [1.29, 1.82) is 0 Å². The molecular formula is C31H32N2O5S. The van der Waals surface area contributed by atoms with E-state index in [1.54, 1.807) is 20.3 Å². The molecule has 1 amide bonds. The molecule has 2 aromatic carbocycles. The van der Waals surface area contributed by atoms with E-state index in [4.69, 9.17) is 19.2 Å². The van der Waals surface area contributed by atoms with E-state index in [1.165, 1.54) is 11.3 Å². The second kappa shape index (κ2) is 11.5. The van der Waals surface area contributed by atoms with Gasteiger partial charge in [0.2, 0.25) is 0 Å². The van der Waals surface area contributed by atoms with Gasteiger partial charge in [-0.1, -0.05) is 32.0 Å². The fraction of sp³-hybridized carbons (Fsp3) is 0.323. The predicted molar refractivity (Wildman–Crippen MR) is 154 cm³/mol. The van der Waals surface area contributed by atoms with Crippen LogP contribution in [-0.4, -0.2) is 37.7 Å². The maximum Gasteiger partial charge on any atom is 0.341 e. The van der Waals surface area contributed by atoms with Crippen molar-refractivity contribution in [3.63, 3.8) is 0 Å². The lowest BCUT2D eigenvalue weighted by Crippen LogP contribution is -2.17. The minimum atomic E-state index is -0.371. The van der Waals surface area contributed by atoms with Crippen LogP contribution in [0.2, 0.25) is 0 Å². The van der Waals surface area contributed by atoms with Gasteiger partial charge in [-0.25, -0.2) is 9.78 Å². The van der Waals surface area contributed by atoms with Crippen molar-refractivity contribution in [2.45, 2.75) is 39.5 Å². The van der Waals surface area contributed by atoms with Gasteiger partial charge in [0.05, 0.1) is 43.2 Å². The van der Waals surface area contributed by atoms with E-state index in [0.29, 0.717) is 51.4 Å². The van der Waals surface area contributed by atoms with Gasteiger partial charge in [0, 0.05) is 15.8 Å². The average Bonchev–Trinajstić information content (AvgIpc) is 3.31. The quantitative estimate of drug-likeness (QED) is 0.242. The van der Waals surface area contributed by atoms with E-state index in [0.717, 1.165) is 47.1 Å². The summed E-state index contributed by atoms with van der Waals surface area (Å²) in [7, 11) is 3.17. The SMILES string of the molecule is CCCOC(=O)c1c(NC(=O)c2cc(-c3ccc(OC)c(OC)c3)nc3ccccc23)sc2c1CC[C@@H](C)C2. The number of aromatic nitrogens is 1. The molecule has 1 N–H and O–H groups in total. The third-order valence-corrected chi connectivity index (χ3v) is 8.19. The predicted octanol–water partition coefficient (Wildman–Crippen LogP) is 6.92. The van der Waals surface area contributed by atoms with Gasteiger partial charge in [-0.3, -0.25) is 4.79 Å². The van der Waals surface area contributed by atoms with Crippen LogP contribution in [0.3, 0.4) is 0 Å². The number of benzene rings is 2. The summed E-state index contributed by atoms with van der Waals surface area (Å²) in [5.41, 5.74) is 4.09. The second-order valence-electron chi connectivity index (χ2n) is 9.79. The summed E-state index contributed by atoms with van der Waals surface area (Å²) >= 11 is 1.49. The smallest absolute Gasteiger partial charge is 0.341 e. The zero-order chi connectivity index (χ0) is 27.5. The summed E-state index contributed by atoms with van der Waals surface area (Å²) in [5.74, 6) is 1.05. The van der Waals surface area contributed by atoms with Gasteiger partial charge in [0.15, 0.2) is 11.5 Å². The van der Waals surface area contributed by atoms with E-state index in [9.17, 15) is 9.59 Å². The number of hydrogen-bond donors (Lipinski definition) is 1. The molecule has 5 rings (SSSR count). The van der Waals surface area contributed by atoms with Crippen molar-refractivity contribution in [3.8, 4) is 22.8 Å². The minimum absolute atomic E-state index is 0.300. The number of fused-ring (bicyclic) bond motifs is 2. The summed E-state index contributed by atoms with van der Waals surface area (Å²) in [6.07, 6.45) is 3.44. The Morgan fingerprint density at radius 1 is 1.08 bits per heavy atom. The minimum Gasteiger partial charge on any atom is -0.493 e. The Hall–Kier alpha value is -3.91. The Bertz CT molecular complexity index is 1540. The number of anilines is 1. The molecule has 0 spiro atoms. The standard InChI is InChI=1S/C31H32N2O5S/c1-5-14-38-31(35)28-21-12-10-18(2)15-27(21)39-30(28)33-29(34)22-17-24(32-23-9-7-6-8-20(22)23)19-11-13-25(36-3)26(16-19)37-4/h6-9,11,13,16-18H,5,10,12,14-15H2,1-4H3,(H,33,34)/t18-/m1/s1. The molecule has 202 valence electrons. The summed E-state index contributed by atoms with van der Waals surface area (Å²) in [6, 6.07) is 14.9. The molecule has 8 heteroatoms. The van der Waals surface area contributed by atoms with Gasteiger partial charge in [0.25, 0.3) is 5.91 Å². The molecule has 1 atom stereocenters. The molecule has 0 unspecified atom stereocenters. The molecule has 7 nitrogen and oxygen atoms in total. The molecule has 1 aliphatic carbocycles. The van der Waals surface area contributed by atoms with Gasteiger partial charge in [-0.15, -0.1) is 11.3 Å². The van der Waals surface area contributed by atoms with Crippen LogP contribution in [0.1, 0.15) is 57.8 Å². The van der Waals surface area contributed by atoms with Crippen molar-refractivity contribution in [2.24, 2.45) is 5.92 Å². The highest BCUT2D eigenvalue weighted by Crippen LogP contribution is 2.41. The van der Waals surface area contributed by atoms with Gasteiger partial charge < -0.3 is 19.5 Å². The maximum absolute atomic E-state index is 13.9. The third kappa shape index (κ3) is 5.34.